The first-order valence-corrected chi connectivity index (χ1v) is 5.53. The Hall–Kier alpha value is -0.580. The molecular weight excluding hydrogens is 216 g/mol. The van der Waals surface area contributed by atoms with Crippen LogP contribution in [0.5, 0.6) is 0 Å². The lowest BCUT2D eigenvalue weighted by Crippen LogP contribution is -2.17. The van der Waals surface area contributed by atoms with Crippen LogP contribution in [-0.4, -0.2) is 28.4 Å². The summed E-state index contributed by atoms with van der Waals surface area (Å²) in [6.45, 7) is 1.52. The average molecular weight is 231 g/mol. The van der Waals surface area contributed by atoms with Gasteiger partial charge in [0.2, 0.25) is 0 Å². The first kappa shape index (κ1) is 10.9. The molecule has 0 aromatic carbocycles. The third-order valence-electron chi connectivity index (χ3n) is 2.75. The number of aliphatic hydroxyl groups excluding tert-OH is 1. The molecule has 15 heavy (non-hydrogen) atoms. The third kappa shape index (κ3) is 2.02. The first-order valence-electron chi connectivity index (χ1n) is 5.16. The monoisotopic (exact) mass is 230 g/mol. The van der Waals surface area contributed by atoms with Crippen molar-refractivity contribution in [1.82, 2.24) is 9.55 Å². The number of hydrogen-bond acceptors (Lipinski definition) is 3. The molecular formula is C10H15ClN2O2. The summed E-state index contributed by atoms with van der Waals surface area (Å²) in [6.07, 6.45) is 2.02. The summed E-state index contributed by atoms with van der Waals surface area (Å²) in [6, 6.07) is 0. The van der Waals surface area contributed by atoms with Crippen molar-refractivity contribution in [2.24, 2.45) is 0 Å². The van der Waals surface area contributed by atoms with Crippen molar-refractivity contribution in [2.45, 2.75) is 31.9 Å². The van der Waals surface area contributed by atoms with E-state index in [1.165, 1.54) is 0 Å². The second-order valence-corrected chi connectivity index (χ2v) is 4.11. The number of aromatic nitrogens is 2. The molecule has 2 heterocycles. The fourth-order valence-corrected chi connectivity index (χ4v) is 2.34. The predicted octanol–water partition coefficient (Wildman–Crippen LogP) is 1.55. The minimum atomic E-state index is -0.463. The third-order valence-corrected chi connectivity index (χ3v) is 3.02. The Morgan fingerprint density at radius 1 is 1.67 bits per heavy atom. The molecule has 1 aliphatic rings. The van der Waals surface area contributed by atoms with Crippen LogP contribution in [0.2, 0.25) is 5.15 Å². The normalized spacial score (nSPS) is 20.3. The molecule has 0 saturated heterocycles. The molecule has 1 aromatic rings. The van der Waals surface area contributed by atoms with Gasteiger partial charge in [0.1, 0.15) is 5.82 Å². The summed E-state index contributed by atoms with van der Waals surface area (Å²) in [5, 5.41) is 10.2. The SMILES string of the molecule is COCCc1nc(Cl)c2n1CCCC2O. The van der Waals surface area contributed by atoms with Gasteiger partial charge in [0.15, 0.2) is 5.15 Å². The maximum Gasteiger partial charge on any atom is 0.153 e. The Morgan fingerprint density at radius 3 is 3.20 bits per heavy atom. The van der Waals surface area contributed by atoms with Gasteiger partial charge in [-0.15, -0.1) is 0 Å². The van der Waals surface area contributed by atoms with Crippen molar-refractivity contribution >= 4 is 11.6 Å². The van der Waals surface area contributed by atoms with Crippen molar-refractivity contribution in [1.29, 1.82) is 0 Å². The molecule has 0 saturated carbocycles. The van der Waals surface area contributed by atoms with Crippen LogP contribution in [0, 0.1) is 0 Å². The van der Waals surface area contributed by atoms with Gasteiger partial charge in [-0.1, -0.05) is 11.6 Å². The van der Waals surface area contributed by atoms with Gasteiger partial charge < -0.3 is 14.4 Å². The summed E-state index contributed by atoms with van der Waals surface area (Å²) in [4.78, 5) is 4.27. The highest BCUT2D eigenvalue weighted by Gasteiger charge is 2.25. The maximum atomic E-state index is 9.80. The predicted molar refractivity (Wildman–Crippen MR) is 57.0 cm³/mol. The fourth-order valence-electron chi connectivity index (χ4n) is 2.01. The smallest absolute Gasteiger partial charge is 0.153 e. The number of nitrogens with zero attached hydrogens (tertiary/aromatic N) is 2. The quantitative estimate of drug-likeness (QED) is 0.857. The van der Waals surface area contributed by atoms with E-state index in [-0.39, 0.29) is 0 Å². The minimum absolute atomic E-state index is 0.438. The minimum Gasteiger partial charge on any atom is -0.387 e. The largest absolute Gasteiger partial charge is 0.387 e. The number of ether oxygens (including phenoxy) is 1. The van der Waals surface area contributed by atoms with Crippen LogP contribution < -0.4 is 0 Å². The van der Waals surface area contributed by atoms with Crippen LogP contribution in [0.1, 0.15) is 30.5 Å². The highest BCUT2D eigenvalue weighted by molar-refractivity contribution is 6.30. The number of fused-ring (bicyclic) bond motifs is 1. The van der Waals surface area contributed by atoms with Gasteiger partial charge in [0, 0.05) is 20.1 Å². The summed E-state index contributed by atoms with van der Waals surface area (Å²) >= 11 is 6.00. The summed E-state index contributed by atoms with van der Waals surface area (Å²) in [7, 11) is 1.66. The highest BCUT2D eigenvalue weighted by atomic mass is 35.5. The maximum absolute atomic E-state index is 9.80. The second-order valence-electron chi connectivity index (χ2n) is 3.76. The van der Waals surface area contributed by atoms with Gasteiger partial charge >= 0.3 is 0 Å². The summed E-state index contributed by atoms with van der Waals surface area (Å²) in [5.41, 5.74) is 0.772. The van der Waals surface area contributed by atoms with E-state index >= 15 is 0 Å². The molecule has 0 amide bonds. The van der Waals surface area contributed by atoms with Crippen LogP contribution >= 0.6 is 11.6 Å². The molecule has 0 radical (unpaired) electrons. The van der Waals surface area contributed by atoms with Crippen LogP contribution in [0.4, 0.5) is 0 Å². The molecule has 0 aliphatic carbocycles. The van der Waals surface area contributed by atoms with E-state index in [0.29, 0.717) is 11.8 Å². The van der Waals surface area contributed by atoms with Crippen molar-refractivity contribution in [3.8, 4) is 0 Å². The molecule has 84 valence electrons. The van der Waals surface area contributed by atoms with Crippen molar-refractivity contribution < 1.29 is 9.84 Å². The number of methoxy groups -OCH3 is 1. The lowest BCUT2D eigenvalue weighted by Gasteiger charge is -2.21. The van der Waals surface area contributed by atoms with E-state index < -0.39 is 6.10 Å². The van der Waals surface area contributed by atoms with Gasteiger partial charge in [-0.2, -0.15) is 0 Å². The van der Waals surface area contributed by atoms with Crippen molar-refractivity contribution in [3.05, 3.63) is 16.7 Å². The summed E-state index contributed by atoms with van der Waals surface area (Å²) < 4.78 is 7.04. The first-order chi connectivity index (χ1) is 7.24. The van der Waals surface area contributed by atoms with Crippen LogP contribution in [0.15, 0.2) is 0 Å². The van der Waals surface area contributed by atoms with Crippen molar-refractivity contribution in [2.75, 3.05) is 13.7 Å². The topological polar surface area (TPSA) is 47.3 Å². The number of imidazole rings is 1. The summed E-state index contributed by atoms with van der Waals surface area (Å²) in [5.74, 6) is 0.913. The van der Waals surface area contributed by atoms with Crippen LogP contribution in [0.25, 0.3) is 0 Å². The van der Waals surface area contributed by atoms with E-state index in [0.717, 1.165) is 37.3 Å². The molecule has 1 aromatic heterocycles. The van der Waals surface area contributed by atoms with Gasteiger partial charge in [-0.25, -0.2) is 4.98 Å². The molecule has 1 unspecified atom stereocenters. The van der Waals surface area contributed by atoms with Crippen molar-refractivity contribution in [3.63, 3.8) is 0 Å². The Labute approximate surface area is 93.8 Å². The molecule has 1 N–H and O–H groups in total. The molecule has 0 spiro atoms. The van der Waals surface area contributed by atoms with Gasteiger partial charge in [0.25, 0.3) is 0 Å². The molecule has 0 bridgehead atoms. The standard InChI is InChI=1S/C10H15ClN2O2/c1-15-6-4-8-12-10(11)9-7(14)3-2-5-13(8)9/h7,14H,2-6H2,1H3. The average Bonchev–Trinajstić information content (AvgIpc) is 2.54. The second kappa shape index (κ2) is 4.51. The lowest BCUT2D eigenvalue weighted by molar-refractivity contribution is 0.137. The van der Waals surface area contributed by atoms with Gasteiger partial charge in [-0.3, -0.25) is 0 Å². The van der Waals surface area contributed by atoms with E-state index in [9.17, 15) is 5.11 Å². The van der Waals surface area contributed by atoms with E-state index in [2.05, 4.69) is 4.98 Å². The Balaban J connectivity index is 2.29. The number of rotatable bonds is 3. The number of hydrogen-bond donors (Lipinski definition) is 1. The number of aliphatic hydroxyl groups is 1. The van der Waals surface area contributed by atoms with Crippen LogP contribution in [-0.2, 0) is 17.7 Å². The van der Waals surface area contributed by atoms with E-state index in [4.69, 9.17) is 16.3 Å². The zero-order chi connectivity index (χ0) is 10.8. The Morgan fingerprint density at radius 2 is 2.47 bits per heavy atom. The number of halogens is 1. The Bertz CT molecular complexity index is 351. The highest BCUT2D eigenvalue weighted by Crippen LogP contribution is 2.31. The zero-order valence-corrected chi connectivity index (χ0v) is 9.50. The molecule has 2 rings (SSSR count). The molecule has 1 aliphatic heterocycles. The zero-order valence-electron chi connectivity index (χ0n) is 8.74. The van der Waals surface area contributed by atoms with E-state index in [1.807, 2.05) is 4.57 Å². The van der Waals surface area contributed by atoms with E-state index in [1.54, 1.807) is 7.11 Å². The molecule has 1 atom stereocenters. The van der Waals surface area contributed by atoms with Gasteiger partial charge in [-0.05, 0) is 12.8 Å². The lowest BCUT2D eigenvalue weighted by atomic mass is 10.1. The van der Waals surface area contributed by atoms with Crippen LogP contribution in [0.3, 0.4) is 0 Å². The fraction of sp³-hybridized carbons (Fsp3) is 0.700. The molecule has 5 heteroatoms. The molecule has 0 fully saturated rings. The Kier molecular flexibility index (Phi) is 3.29. The van der Waals surface area contributed by atoms with Gasteiger partial charge in [0.05, 0.1) is 18.4 Å². The molecule has 4 nitrogen and oxygen atoms in total.